The second-order valence-corrected chi connectivity index (χ2v) is 6.17. The highest BCUT2D eigenvalue weighted by Crippen LogP contribution is 2.27. The summed E-state index contributed by atoms with van der Waals surface area (Å²) in [5, 5.41) is 6.98. The smallest absolute Gasteiger partial charge is 0.0340 e. The van der Waals surface area contributed by atoms with Crippen molar-refractivity contribution in [3.63, 3.8) is 0 Å². The van der Waals surface area contributed by atoms with Crippen LogP contribution in [0.5, 0.6) is 0 Å². The summed E-state index contributed by atoms with van der Waals surface area (Å²) in [5.41, 5.74) is 4.42. The molecule has 1 aliphatic rings. The number of rotatable bonds is 6. The van der Waals surface area contributed by atoms with E-state index in [1.54, 1.807) is 0 Å². The molecule has 0 bridgehead atoms. The highest BCUT2D eigenvalue weighted by atomic mass is 15.0. The molecule has 2 heteroatoms. The summed E-state index contributed by atoms with van der Waals surface area (Å²) in [6.45, 7) is 5.63. The maximum absolute atomic E-state index is 3.59. The zero-order chi connectivity index (χ0) is 14.5. The Balaban J connectivity index is 1.57. The average Bonchev–Trinajstić information content (AvgIpc) is 2.49. The van der Waals surface area contributed by atoms with Gasteiger partial charge in [-0.2, -0.15) is 0 Å². The molecule has 2 nitrogen and oxygen atoms in total. The van der Waals surface area contributed by atoms with Crippen LogP contribution in [0.25, 0.3) is 0 Å². The van der Waals surface area contributed by atoms with Gasteiger partial charge in [0.05, 0.1) is 0 Å². The van der Waals surface area contributed by atoms with Crippen LogP contribution in [0, 0.1) is 5.41 Å². The van der Waals surface area contributed by atoms with Crippen LogP contribution in [-0.2, 0) is 6.42 Å². The van der Waals surface area contributed by atoms with E-state index >= 15 is 0 Å². The number of hydrogen-bond donors (Lipinski definition) is 2. The van der Waals surface area contributed by atoms with Gasteiger partial charge in [0.1, 0.15) is 0 Å². The fourth-order valence-electron chi connectivity index (χ4n) is 2.84. The lowest BCUT2D eigenvalue weighted by Gasteiger charge is -2.42. The molecule has 0 amide bonds. The summed E-state index contributed by atoms with van der Waals surface area (Å²) in [6.07, 6.45) is 2.24. The molecule has 3 rings (SSSR count). The van der Waals surface area contributed by atoms with Crippen LogP contribution in [0.3, 0.4) is 0 Å². The molecule has 0 unspecified atom stereocenters. The van der Waals surface area contributed by atoms with Gasteiger partial charge in [-0.25, -0.2) is 0 Å². The molecule has 0 radical (unpaired) electrons. The highest BCUT2D eigenvalue weighted by Gasteiger charge is 2.34. The lowest BCUT2D eigenvalue weighted by Crippen LogP contribution is -2.56. The standard InChI is InChI=1S/C19H24N2/c1-2-19(13-20-14-19)15-21-18-10-8-17(9-11-18)12-16-6-4-3-5-7-16/h3-11,20-21H,2,12-15H2,1H3. The van der Waals surface area contributed by atoms with Crippen LogP contribution >= 0.6 is 0 Å². The van der Waals surface area contributed by atoms with Gasteiger partial charge in [0.2, 0.25) is 0 Å². The third-order valence-electron chi connectivity index (χ3n) is 4.62. The Bertz CT molecular complexity index is 550. The summed E-state index contributed by atoms with van der Waals surface area (Å²) in [4.78, 5) is 0. The fraction of sp³-hybridized carbons (Fsp3) is 0.368. The lowest BCUT2D eigenvalue weighted by atomic mass is 9.79. The summed E-state index contributed by atoms with van der Waals surface area (Å²) in [5.74, 6) is 0. The van der Waals surface area contributed by atoms with Gasteiger partial charge in [-0.1, -0.05) is 49.4 Å². The SMILES string of the molecule is CCC1(CNc2ccc(Cc3ccccc3)cc2)CNC1. The van der Waals surface area contributed by atoms with Crippen molar-refractivity contribution in [2.75, 3.05) is 25.0 Å². The molecule has 21 heavy (non-hydrogen) atoms. The molecule has 2 N–H and O–H groups in total. The Labute approximate surface area is 127 Å². The number of nitrogens with one attached hydrogen (secondary N) is 2. The van der Waals surface area contributed by atoms with E-state index in [4.69, 9.17) is 0 Å². The van der Waals surface area contributed by atoms with Gasteiger partial charge in [0, 0.05) is 30.7 Å². The monoisotopic (exact) mass is 280 g/mol. The van der Waals surface area contributed by atoms with Crippen LogP contribution in [0.2, 0.25) is 0 Å². The summed E-state index contributed by atoms with van der Waals surface area (Å²) < 4.78 is 0. The zero-order valence-electron chi connectivity index (χ0n) is 12.7. The predicted molar refractivity (Wildman–Crippen MR) is 89.8 cm³/mol. The van der Waals surface area contributed by atoms with Gasteiger partial charge < -0.3 is 10.6 Å². The van der Waals surface area contributed by atoms with E-state index in [1.807, 2.05) is 0 Å². The van der Waals surface area contributed by atoms with Gasteiger partial charge in [0.25, 0.3) is 0 Å². The first-order valence-corrected chi connectivity index (χ1v) is 7.87. The van der Waals surface area contributed by atoms with E-state index in [9.17, 15) is 0 Å². The van der Waals surface area contributed by atoms with Crippen molar-refractivity contribution in [2.45, 2.75) is 19.8 Å². The van der Waals surface area contributed by atoms with E-state index in [0.29, 0.717) is 5.41 Å². The Kier molecular flexibility index (Phi) is 4.26. The Morgan fingerprint density at radius 1 is 0.952 bits per heavy atom. The minimum atomic E-state index is 0.461. The normalized spacial score (nSPS) is 16.2. The van der Waals surface area contributed by atoms with E-state index < -0.39 is 0 Å². The van der Waals surface area contributed by atoms with Crippen molar-refractivity contribution < 1.29 is 0 Å². The Hall–Kier alpha value is -1.80. The quantitative estimate of drug-likeness (QED) is 0.843. The van der Waals surface area contributed by atoms with E-state index in [0.717, 1.165) is 26.1 Å². The molecule has 1 fully saturated rings. The lowest BCUT2D eigenvalue weighted by molar-refractivity contribution is 0.178. The van der Waals surface area contributed by atoms with E-state index in [1.165, 1.54) is 23.2 Å². The molecule has 0 aromatic heterocycles. The van der Waals surface area contributed by atoms with Gasteiger partial charge in [-0.15, -0.1) is 0 Å². The van der Waals surface area contributed by atoms with E-state index in [2.05, 4.69) is 72.2 Å². The molecule has 110 valence electrons. The molecule has 2 aromatic rings. The maximum atomic E-state index is 3.59. The average molecular weight is 280 g/mol. The van der Waals surface area contributed by atoms with Crippen molar-refractivity contribution in [1.29, 1.82) is 0 Å². The maximum Gasteiger partial charge on any atom is 0.0340 e. The molecule has 1 aliphatic heterocycles. The number of anilines is 1. The van der Waals surface area contributed by atoms with Crippen LogP contribution in [0.4, 0.5) is 5.69 Å². The first-order valence-electron chi connectivity index (χ1n) is 7.87. The molecule has 2 aromatic carbocycles. The van der Waals surface area contributed by atoms with Crippen LogP contribution < -0.4 is 10.6 Å². The highest BCUT2D eigenvalue weighted by molar-refractivity contribution is 5.45. The Morgan fingerprint density at radius 3 is 2.19 bits per heavy atom. The molecule has 1 heterocycles. The molecular weight excluding hydrogens is 256 g/mol. The van der Waals surface area contributed by atoms with Crippen molar-refractivity contribution in [3.8, 4) is 0 Å². The second kappa shape index (κ2) is 6.31. The van der Waals surface area contributed by atoms with Gasteiger partial charge >= 0.3 is 0 Å². The number of benzene rings is 2. The largest absolute Gasteiger partial charge is 0.384 e. The third-order valence-corrected chi connectivity index (χ3v) is 4.62. The first kappa shape index (κ1) is 14.2. The molecule has 0 saturated carbocycles. The van der Waals surface area contributed by atoms with Crippen LogP contribution in [0.1, 0.15) is 24.5 Å². The van der Waals surface area contributed by atoms with Gasteiger partial charge in [0.15, 0.2) is 0 Å². The van der Waals surface area contributed by atoms with Crippen LogP contribution in [0.15, 0.2) is 54.6 Å². The minimum Gasteiger partial charge on any atom is -0.384 e. The van der Waals surface area contributed by atoms with Crippen molar-refractivity contribution in [1.82, 2.24) is 5.32 Å². The summed E-state index contributed by atoms with van der Waals surface area (Å²) in [7, 11) is 0. The molecule has 0 aliphatic carbocycles. The van der Waals surface area contributed by atoms with Crippen molar-refractivity contribution in [3.05, 3.63) is 65.7 Å². The van der Waals surface area contributed by atoms with Gasteiger partial charge in [-0.3, -0.25) is 0 Å². The molecule has 0 spiro atoms. The second-order valence-electron chi connectivity index (χ2n) is 6.17. The summed E-state index contributed by atoms with van der Waals surface area (Å²) in [6, 6.07) is 19.5. The molecule has 0 atom stereocenters. The fourth-order valence-corrected chi connectivity index (χ4v) is 2.84. The van der Waals surface area contributed by atoms with Crippen molar-refractivity contribution >= 4 is 5.69 Å². The molecular formula is C19H24N2. The van der Waals surface area contributed by atoms with Crippen LogP contribution in [-0.4, -0.2) is 19.6 Å². The number of hydrogen-bond acceptors (Lipinski definition) is 2. The Morgan fingerprint density at radius 2 is 1.62 bits per heavy atom. The summed E-state index contributed by atoms with van der Waals surface area (Å²) >= 11 is 0. The first-order chi connectivity index (χ1) is 10.3. The van der Waals surface area contributed by atoms with E-state index in [-0.39, 0.29) is 0 Å². The molecule has 1 saturated heterocycles. The third kappa shape index (κ3) is 3.45. The van der Waals surface area contributed by atoms with Crippen molar-refractivity contribution in [2.24, 2.45) is 5.41 Å². The minimum absolute atomic E-state index is 0.461. The zero-order valence-corrected chi connectivity index (χ0v) is 12.7. The predicted octanol–water partition coefficient (Wildman–Crippen LogP) is 3.69. The van der Waals surface area contributed by atoms with Gasteiger partial charge in [-0.05, 0) is 36.1 Å². The topological polar surface area (TPSA) is 24.1 Å².